The van der Waals surface area contributed by atoms with E-state index in [4.69, 9.17) is 9.57 Å². The summed E-state index contributed by atoms with van der Waals surface area (Å²) in [5, 5.41) is 0.885. The third-order valence-electron chi connectivity index (χ3n) is 6.83. The summed E-state index contributed by atoms with van der Waals surface area (Å²) in [5.41, 5.74) is 2.43. The van der Waals surface area contributed by atoms with Crippen LogP contribution in [0.15, 0.2) is 78.9 Å². The third-order valence-corrected chi connectivity index (χ3v) is 9.07. The summed E-state index contributed by atoms with van der Waals surface area (Å²) >= 11 is 0. The van der Waals surface area contributed by atoms with Gasteiger partial charge < -0.3 is 9.64 Å². The quantitative estimate of drug-likeness (QED) is 0.480. The molecule has 9 heteroatoms. The number of piperazine rings is 1. The number of para-hydroxylation sites is 1. The molecule has 0 saturated carbocycles. The van der Waals surface area contributed by atoms with E-state index in [-0.39, 0.29) is 12.4 Å². The van der Waals surface area contributed by atoms with Crippen LogP contribution >= 0.6 is 0 Å². The molecule has 190 valence electrons. The maximum absolute atomic E-state index is 14.2. The number of halogens is 1. The van der Waals surface area contributed by atoms with Crippen molar-refractivity contribution in [3.8, 4) is 5.75 Å². The lowest BCUT2D eigenvalue weighted by atomic mass is 10.0. The molecule has 2 heterocycles. The van der Waals surface area contributed by atoms with E-state index >= 15 is 0 Å². The number of benzene rings is 3. The Labute approximate surface area is 211 Å². The van der Waals surface area contributed by atoms with Crippen molar-refractivity contribution in [2.45, 2.75) is 17.9 Å². The Morgan fingerprint density at radius 3 is 2.28 bits per heavy atom. The number of rotatable bonds is 7. The molecule has 2 saturated heterocycles. The van der Waals surface area contributed by atoms with Crippen molar-refractivity contribution < 1.29 is 22.4 Å². The molecule has 2 fully saturated rings. The van der Waals surface area contributed by atoms with Crippen molar-refractivity contribution >= 4 is 15.7 Å². The van der Waals surface area contributed by atoms with Gasteiger partial charge in [0.05, 0.1) is 18.3 Å². The Morgan fingerprint density at radius 1 is 0.917 bits per heavy atom. The van der Waals surface area contributed by atoms with Crippen molar-refractivity contribution in [1.29, 1.82) is 0 Å². The van der Waals surface area contributed by atoms with Gasteiger partial charge in [0, 0.05) is 33.2 Å². The zero-order valence-corrected chi connectivity index (χ0v) is 21.0. The van der Waals surface area contributed by atoms with Crippen LogP contribution in [0.2, 0.25) is 0 Å². The predicted molar refractivity (Wildman–Crippen MR) is 137 cm³/mol. The van der Waals surface area contributed by atoms with Crippen molar-refractivity contribution in [2.75, 3.05) is 44.7 Å². The highest BCUT2D eigenvalue weighted by Gasteiger charge is 2.46. The largest absolute Gasteiger partial charge is 0.489 e. The lowest BCUT2D eigenvalue weighted by Gasteiger charge is -2.37. The van der Waals surface area contributed by atoms with Crippen LogP contribution in [-0.4, -0.2) is 62.9 Å². The zero-order valence-electron chi connectivity index (χ0n) is 20.2. The van der Waals surface area contributed by atoms with Gasteiger partial charge in [-0.05, 0) is 35.4 Å². The minimum absolute atomic E-state index is 0.0866. The van der Waals surface area contributed by atoms with Gasteiger partial charge in [-0.3, -0.25) is 4.84 Å². The molecule has 5 rings (SSSR count). The van der Waals surface area contributed by atoms with Gasteiger partial charge in [-0.2, -0.15) is 9.37 Å². The highest BCUT2D eigenvalue weighted by Crippen LogP contribution is 2.36. The van der Waals surface area contributed by atoms with E-state index in [0.29, 0.717) is 44.2 Å². The Hall–Kier alpha value is -2.98. The van der Waals surface area contributed by atoms with Gasteiger partial charge in [0.15, 0.2) is 0 Å². The number of anilines is 1. The smallest absolute Gasteiger partial charge is 0.221 e. The van der Waals surface area contributed by atoms with E-state index in [9.17, 15) is 12.8 Å². The Bertz CT molecular complexity index is 1270. The lowest BCUT2D eigenvalue weighted by Crippen LogP contribution is -2.52. The molecule has 36 heavy (non-hydrogen) atoms. The number of nitrogens with zero attached hydrogens (tertiary/aromatic N) is 3. The van der Waals surface area contributed by atoms with E-state index < -0.39 is 21.3 Å². The second kappa shape index (κ2) is 10.6. The molecule has 0 bridgehead atoms. The van der Waals surface area contributed by atoms with Gasteiger partial charge in [-0.25, -0.2) is 12.8 Å². The number of ether oxygens (including phenoxy) is 1. The molecule has 0 unspecified atom stereocenters. The van der Waals surface area contributed by atoms with E-state index in [1.807, 2.05) is 59.5 Å². The van der Waals surface area contributed by atoms with E-state index in [1.165, 1.54) is 10.4 Å². The predicted octanol–water partition coefficient (Wildman–Crippen LogP) is 3.84. The van der Waals surface area contributed by atoms with Crippen LogP contribution < -0.4 is 9.64 Å². The highest BCUT2D eigenvalue weighted by atomic mass is 32.2. The Morgan fingerprint density at radius 2 is 1.58 bits per heavy atom. The second-order valence-corrected chi connectivity index (χ2v) is 11.2. The number of sulfonamides is 1. The summed E-state index contributed by atoms with van der Waals surface area (Å²) in [5.74, 6) is 0.420. The fourth-order valence-electron chi connectivity index (χ4n) is 4.86. The molecule has 2 aliphatic rings. The number of hydroxylamine groups is 2. The molecule has 7 nitrogen and oxygen atoms in total. The van der Waals surface area contributed by atoms with Crippen LogP contribution in [0, 0.1) is 5.82 Å². The standard InChI is InChI=1S/C27H30FN3O4S/c1-29-27(22-11-13-23(14-12-22)34-19-21-7-3-2-4-8-21)26(20-35-29)36(32,33)31-17-15-30(16-18-31)25-10-6-5-9-24(25)28/h2-14,26-27H,15-20H2,1H3/t26-,27+/m1/s1. The highest BCUT2D eigenvalue weighted by molar-refractivity contribution is 7.89. The molecule has 0 amide bonds. The molecule has 3 aromatic rings. The maximum atomic E-state index is 14.2. The van der Waals surface area contributed by atoms with E-state index in [0.717, 1.165) is 11.1 Å². The second-order valence-electron chi connectivity index (χ2n) is 9.05. The minimum Gasteiger partial charge on any atom is -0.489 e. The first kappa shape index (κ1) is 24.7. The minimum atomic E-state index is -3.65. The Kier molecular flexibility index (Phi) is 7.25. The van der Waals surface area contributed by atoms with Gasteiger partial charge >= 0.3 is 0 Å². The average molecular weight is 512 g/mol. The van der Waals surface area contributed by atoms with Crippen LogP contribution in [0.3, 0.4) is 0 Å². The van der Waals surface area contributed by atoms with E-state index in [2.05, 4.69) is 0 Å². The summed E-state index contributed by atoms with van der Waals surface area (Å²) in [6.07, 6.45) is 0. The molecule has 0 aromatic heterocycles. The van der Waals surface area contributed by atoms with Gasteiger partial charge in [0.1, 0.15) is 23.4 Å². The van der Waals surface area contributed by atoms with Crippen LogP contribution in [0.1, 0.15) is 17.2 Å². The fraction of sp³-hybridized carbons (Fsp3) is 0.333. The third kappa shape index (κ3) is 5.10. The maximum Gasteiger partial charge on any atom is 0.221 e. The summed E-state index contributed by atoms with van der Waals surface area (Å²) < 4.78 is 48.9. The molecule has 2 aliphatic heterocycles. The van der Waals surface area contributed by atoms with Gasteiger partial charge in [0.2, 0.25) is 10.0 Å². The van der Waals surface area contributed by atoms with Crippen LogP contribution in [-0.2, 0) is 21.5 Å². The Balaban J connectivity index is 1.26. The van der Waals surface area contributed by atoms with Gasteiger partial charge in [0.25, 0.3) is 0 Å². The van der Waals surface area contributed by atoms with Crippen molar-refractivity contribution in [3.63, 3.8) is 0 Å². The molecule has 0 radical (unpaired) electrons. The van der Waals surface area contributed by atoms with Gasteiger partial charge in [-0.15, -0.1) is 0 Å². The van der Waals surface area contributed by atoms with Crippen molar-refractivity contribution in [3.05, 3.63) is 95.8 Å². The average Bonchev–Trinajstić information content (AvgIpc) is 3.31. The molecule has 0 aliphatic carbocycles. The summed E-state index contributed by atoms with van der Waals surface area (Å²) in [6.45, 7) is 2.01. The van der Waals surface area contributed by atoms with Crippen LogP contribution in [0.5, 0.6) is 5.75 Å². The fourth-order valence-corrected chi connectivity index (χ4v) is 6.80. The molecule has 0 N–H and O–H groups in total. The number of hydrogen-bond acceptors (Lipinski definition) is 6. The number of hydrogen-bond donors (Lipinski definition) is 0. The molecule has 2 atom stereocenters. The first-order chi connectivity index (χ1) is 17.4. The SMILES string of the molecule is CN1OC[C@@H](S(=O)(=O)N2CCN(c3ccccc3F)CC2)[C@@H]1c1ccc(OCc2ccccc2)cc1. The monoisotopic (exact) mass is 511 g/mol. The van der Waals surface area contributed by atoms with Crippen LogP contribution in [0.4, 0.5) is 10.1 Å². The first-order valence-corrected chi connectivity index (χ1v) is 13.5. The topological polar surface area (TPSA) is 62.3 Å². The molecule has 3 aromatic carbocycles. The zero-order chi connectivity index (χ0) is 25.1. The first-order valence-electron chi connectivity index (χ1n) is 12.0. The molecular weight excluding hydrogens is 481 g/mol. The summed E-state index contributed by atoms with van der Waals surface area (Å²) in [6, 6.07) is 23.6. The van der Waals surface area contributed by atoms with E-state index in [1.54, 1.807) is 30.3 Å². The molecule has 0 spiro atoms. The molecular formula is C27H30FN3O4S. The van der Waals surface area contributed by atoms with Gasteiger partial charge in [-0.1, -0.05) is 54.6 Å². The summed E-state index contributed by atoms with van der Waals surface area (Å²) in [4.78, 5) is 7.58. The summed E-state index contributed by atoms with van der Waals surface area (Å²) in [7, 11) is -1.89. The van der Waals surface area contributed by atoms with Crippen molar-refractivity contribution in [1.82, 2.24) is 9.37 Å². The normalized spacial score (nSPS) is 21.6. The van der Waals surface area contributed by atoms with Crippen LogP contribution in [0.25, 0.3) is 0 Å². The lowest BCUT2D eigenvalue weighted by molar-refractivity contribution is -0.110. The van der Waals surface area contributed by atoms with Crippen molar-refractivity contribution in [2.24, 2.45) is 0 Å².